The fraction of sp³-hybridized carbons (Fsp3) is 0.500. The number of morpholine rings is 1. The largest absolute Gasteiger partial charge is 0.377 e. The summed E-state index contributed by atoms with van der Waals surface area (Å²) < 4.78 is 7.21. The van der Waals surface area contributed by atoms with Crippen molar-refractivity contribution in [3.8, 4) is 5.95 Å². The fourth-order valence-electron chi connectivity index (χ4n) is 2.17. The van der Waals surface area contributed by atoms with Gasteiger partial charge in [0.1, 0.15) is 6.33 Å². The van der Waals surface area contributed by atoms with Crippen molar-refractivity contribution in [3.63, 3.8) is 0 Å². The third-order valence-corrected chi connectivity index (χ3v) is 3.38. The molecule has 106 valence electrons. The first-order valence-corrected chi connectivity index (χ1v) is 6.69. The van der Waals surface area contributed by atoms with E-state index in [1.54, 1.807) is 23.3 Å². The Morgan fingerprint density at radius 1 is 1.25 bits per heavy atom. The van der Waals surface area contributed by atoms with Crippen LogP contribution in [0.5, 0.6) is 0 Å². The summed E-state index contributed by atoms with van der Waals surface area (Å²) in [6, 6.07) is 0. The average molecular weight is 295 g/mol. The molecule has 3 heterocycles. The highest BCUT2D eigenvalue weighted by Gasteiger charge is 2.33. The minimum atomic E-state index is -0.185. The quantitative estimate of drug-likeness (QED) is 0.832. The summed E-state index contributed by atoms with van der Waals surface area (Å²) in [5.41, 5.74) is -0.185. The first-order chi connectivity index (χ1) is 9.56. The Bertz CT molecular complexity index is 600. The fourth-order valence-corrected chi connectivity index (χ4v) is 2.32. The van der Waals surface area contributed by atoms with Crippen molar-refractivity contribution in [2.24, 2.45) is 0 Å². The van der Waals surface area contributed by atoms with Crippen LogP contribution in [-0.2, 0) is 4.74 Å². The van der Waals surface area contributed by atoms with E-state index in [0.29, 0.717) is 25.1 Å². The van der Waals surface area contributed by atoms with Crippen LogP contribution >= 0.6 is 11.6 Å². The van der Waals surface area contributed by atoms with Crippen molar-refractivity contribution in [1.82, 2.24) is 24.5 Å². The van der Waals surface area contributed by atoms with E-state index >= 15 is 0 Å². The van der Waals surface area contributed by atoms with Crippen molar-refractivity contribution in [2.75, 3.05) is 24.7 Å². The maximum Gasteiger partial charge on any atom is 0.241 e. The molecule has 1 aliphatic heterocycles. The lowest BCUT2D eigenvalue weighted by Gasteiger charge is -2.42. The van der Waals surface area contributed by atoms with Gasteiger partial charge in [-0.05, 0) is 25.4 Å². The number of hydrogen-bond acceptors (Lipinski definition) is 6. The van der Waals surface area contributed by atoms with Gasteiger partial charge in [-0.25, -0.2) is 4.98 Å². The van der Waals surface area contributed by atoms with E-state index in [0.717, 1.165) is 6.54 Å². The summed E-state index contributed by atoms with van der Waals surface area (Å²) in [4.78, 5) is 18.9. The molecule has 2 aromatic heterocycles. The second kappa shape index (κ2) is 4.99. The van der Waals surface area contributed by atoms with Crippen LogP contribution in [0.25, 0.3) is 5.95 Å². The smallest absolute Gasteiger partial charge is 0.241 e. The van der Waals surface area contributed by atoms with Gasteiger partial charge >= 0.3 is 0 Å². The summed E-state index contributed by atoms with van der Waals surface area (Å²) in [7, 11) is 0. The zero-order chi connectivity index (χ0) is 14.2. The van der Waals surface area contributed by atoms with Gasteiger partial charge in [0.15, 0.2) is 0 Å². The van der Waals surface area contributed by atoms with E-state index in [9.17, 15) is 0 Å². The van der Waals surface area contributed by atoms with Crippen LogP contribution in [0.3, 0.4) is 0 Å². The van der Waals surface area contributed by atoms with E-state index in [4.69, 9.17) is 16.3 Å². The molecule has 0 radical (unpaired) electrons. The molecule has 1 aliphatic rings. The van der Waals surface area contributed by atoms with Crippen LogP contribution in [0.15, 0.2) is 18.7 Å². The number of ether oxygens (including phenoxy) is 1. The Kier molecular flexibility index (Phi) is 3.31. The molecule has 0 spiro atoms. The number of aromatic nitrogens is 5. The molecule has 2 aromatic rings. The molecule has 1 fully saturated rings. The molecule has 0 atom stereocenters. The molecule has 8 heteroatoms. The maximum absolute atomic E-state index is 6.03. The van der Waals surface area contributed by atoms with E-state index in [2.05, 4.69) is 38.7 Å². The molecule has 3 rings (SSSR count). The second-order valence-electron chi connectivity index (χ2n) is 5.19. The van der Waals surface area contributed by atoms with Gasteiger partial charge in [-0.2, -0.15) is 15.0 Å². The van der Waals surface area contributed by atoms with Crippen molar-refractivity contribution < 1.29 is 4.74 Å². The van der Waals surface area contributed by atoms with Gasteiger partial charge in [0.05, 0.1) is 18.8 Å². The number of anilines is 1. The van der Waals surface area contributed by atoms with E-state index in [1.807, 2.05) is 0 Å². The van der Waals surface area contributed by atoms with E-state index < -0.39 is 0 Å². The van der Waals surface area contributed by atoms with Crippen molar-refractivity contribution in [3.05, 3.63) is 24.0 Å². The van der Waals surface area contributed by atoms with Crippen LogP contribution in [0.2, 0.25) is 5.28 Å². The maximum atomic E-state index is 6.03. The van der Waals surface area contributed by atoms with Crippen molar-refractivity contribution >= 4 is 17.5 Å². The Labute approximate surface area is 121 Å². The number of imidazole rings is 1. The van der Waals surface area contributed by atoms with Gasteiger partial charge in [-0.1, -0.05) is 0 Å². The Hall–Kier alpha value is -1.73. The van der Waals surface area contributed by atoms with E-state index in [-0.39, 0.29) is 10.8 Å². The molecule has 7 nitrogen and oxygen atoms in total. The molecular weight excluding hydrogens is 280 g/mol. The van der Waals surface area contributed by atoms with E-state index in [1.165, 1.54) is 0 Å². The molecule has 0 unspecified atom stereocenters. The third-order valence-electron chi connectivity index (χ3n) is 3.21. The van der Waals surface area contributed by atoms with Crippen molar-refractivity contribution in [1.29, 1.82) is 0 Å². The molecule has 20 heavy (non-hydrogen) atoms. The molecule has 1 saturated heterocycles. The predicted octanol–water partition coefficient (Wildman–Crippen LogP) is 1.33. The molecule has 0 bridgehead atoms. The Morgan fingerprint density at radius 3 is 2.75 bits per heavy atom. The van der Waals surface area contributed by atoms with Crippen LogP contribution in [0.1, 0.15) is 13.8 Å². The van der Waals surface area contributed by atoms with Gasteiger partial charge in [0.2, 0.25) is 17.2 Å². The van der Waals surface area contributed by atoms with Crippen LogP contribution in [-0.4, -0.2) is 49.8 Å². The lowest BCUT2D eigenvalue weighted by molar-refractivity contribution is 0.0633. The number of halogens is 1. The lowest BCUT2D eigenvalue weighted by Crippen LogP contribution is -2.54. The lowest BCUT2D eigenvalue weighted by atomic mass is 10.0. The summed E-state index contributed by atoms with van der Waals surface area (Å²) >= 11 is 6.03. The molecular formula is C12H15ClN6O. The average Bonchev–Trinajstić information content (AvgIpc) is 2.91. The van der Waals surface area contributed by atoms with Gasteiger partial charge in [-0.15, -0.1) is 0 Å². The molecule has 0 aromatic carbocycles. The van der Waals surface area contributed by atoms with Crippen LogP contribution in [0.4, 0.5) is 5.95 Å². The Morgan fingerprint density at radius 2 is 2.05 bits per heavy atom. The minimum absolute atomic E-state index is 0.168. The van der Waals surface area contributed by atoms with Crippen LogP contribution < -0.4 is 4.90 Å². The molecule has 0 saturated carbocycles. The van der Waals surface area contributed by atoms with Crippen LogP contribution in [0, 0.1) is 0 Å². The number of nitrogens with zero attached hydrogens (tertiary/aromatic N) is 6. The molecule has 0 N–H and O–H groups in total. The highest BCUT2D eigenvalue weighted by molar-refractivity contribution is 6.28. The normalized spacial score (nSPS) is 18.2. The number of hydrogen-bond donors (Lipinski definition) is 0. The topological polar surface area (TPSA) is 69.0 Å². The third kappa shape index (κ3) is 2.46. The minimum Gasteiger partial charge on any atom is -0.377 e. The van der Waals surface area contributed by atoms with Gasteiger partial charge in [-0.3, -0.25) is 4.57 Å². The second-order valence-corrected chi connectivity index (χ2v) is 5.53. The zero-order valence-corrected chi connectivity index (χ0v) is 12.1. The highest BCUT2D eigenvalue weighted by Crippen LogP contribution is 2.25. The van der Waals surface area contributed by atoms with Gasteiger partial charge in [0.25, 0.3) is 0 Å². The van der Waals surface area contributed by atoms with Gasteiger partial charge in [0, 0.05) is 18.9 Å². The molecule has 0 amide bonds. The summed E-state index contributed by atoms with van der Waals surface area (Å²) in [6.45, 7) is 6.15. The summed E-state index contributed by atoms with van der Waals surface area (Å²) in [6.07, 6.45) is 5.05. The van der Waals surface area contributed by atoms with Gasteiger partial charge < -0.3 is 9.64 Å². The Balaban J connectivity index is 2.01. The predicted molar refractivity (Wildman–Crippen MR) is 74.2 cm³/mol. The monoisotopic (exact) mass is 294 g/mol. The zero-order valence-electron chi connectivity index (χ0n) is 11.3. The first-order valence-electron chi connectivity index (χ1n) is 6.31. The van der Waals surface area contributed by atoms with Crippen molar-refractivity contribution in [2.45, 2.75) is 19.4 Å². The number of rotatable bonds is 2. The summed E-state index contributed by atoms with van der Waals surface area (Å²) in [5.74, 6) is 1.02. The first kappa shape index (κ1) is 13.3. The molecule has 0 aliphatic carbocycles. The highest BCUT2D eigenvalue weighted by atomic mass is 35.5. The summed E-state index contributed by atoms with van der Waals surface area (Å²) in [5, 5.41) is 0.168. The standard InChI is InChI=1S/C12H15ClN6O/c1-12(2)7-20-6-5-19(12)11-16-9(13)15-10(17-11)18-4-3-14-8-18/h3-4,8H,5-7H2,1-2H3. The SMILES string of the molecule is CC1(C)COCCN1c1nc(Cl)nc(-n2ccnc2)n1.